The largest absolute Gasteiger partial charge is 0.354 e. The van der Waals surface area contributed by atoms with Crippen molar-refractivity contribution in [1.82, 2.24) is 9.97 Å². The minimum Gasteiger partial charge on any atom is -0.354 e. The van der Waals surface area contributed by atoms with Crippen LogP contribution in [0.25, 0.3) is 45.0 Å². The first-order valence-corrected chi connectivity index (χ1v) is 10.3. The highest BCUT2D eigenvalue weighted by molar-refractivity contribution is 5.75. The van der Waals surface area contributed by atoms with E-state index in [1.165, 1.54) is 44.8 Å². The quantitative estimate of drug-likeness (QED) is 0.317. The smallest absolute Gasteiger partial charge is 0.0488 e. The summed E-state index contributed by atoms with van der Waals surface area (Å²) in [4.78, 5) is 7.20. The highest BCUT2D eigenvalue weighted by Gasteiger charge is 2.11. The van der Waals surface area contributed by atoms with Crippen LogP contribution in [0.1, 0.15) is 11.1 Å². The van der Waals surface area contributed by atoms with Crippen LogP contribution in [0.15, 0.2) is 97.1 Å². The fraction of sp³-hybridized carbons (Fsp3) is 0.0714. The van der Waals surface area contributed by atoms with Gasteiger partial charge in [-0.05, 0) is 59.4 Å². The van der Waals surface area contributed by atoms with Crippen molar-refractivity contribution in [3.63, 3.8) is 0 Å². The Kier molecular flexibility index (Phi) is 4.61. The third-order valence-electron chi connectivity index (χ3n) is 5.66. The average Bonchev–Trinajstić information content (AvgIpc) is 3.38. The predicted molar refractivity (Wildman–Crippen MR) is 126 cm³/mol. The lowest BCUT2D eigenvalue weighted by Gasteiger charge is -2.03. The van der Waals surface area contributed by atoms with Gasteiger partial charge in [0.15, 0.2) is 0 Å². The third-order valence-corrected chi connectivity index (χ3v) is 5.66. The van der Waals surface area contributed by atoms with E-state index >= 15 is 0 Å². The number of aromatic amines is 2. The molecule has 0 saturated carbocycles. The lowest BCUT2D eigenvalue weighted by Crippen LogP contribution is -1.83. The molecule has 146 valence electrons. The van der Waals surface area contributed by atoms with Crippen LogP contribution in [-0.2, 0) is 0 Å². The number of benzene rings is 3. The van der Waals surface area contributed by atoms with Gasteiger partial charge in [-0.15, -0.1) is 0 Å². The summed E-state index contributed by atoms with van der Waals surface area (Å²) in [5, 5.41) is 0. The zero-order valence-corrected chi connectivity index (χ0v) is 17.2. The average molecular weight is 389 g/mol. The van der Waals surface area contributed by atoms with Crippen molar-refractivity contribution in [3.8, 4) is 45.0 Å². The highest BCUT2D eigenvalue weighted by atomic mass is 14.7. The number of aromatic nitrogens is 2. The fourth-order valence-corrected chi connectivity index (χ4v) is 4.07. The Labute approximate surface area is 177 Å². The molecule has 2 aromatic heterocycles. The summed E-state index contributed by atoms with van der Waals surface area (Å²) in [5.74, 6) is 0. The maximum Gasteiger partial charge on any atom is 0.0488 e. The molecular weight excluding hydrogens is 364 g/mol. The van der Waals surface area contributed by atoms with Crippen molar-refractivity contribution in [2.45, 2.75) is 13.8 Å². The Morgan fingerprint density at radius 2 is 0.800 bits per heavy atom. The molecule has 0 unspecified atom stereocenters. The second-order valence-electron chi connectivity index (χ2n) is 7.79. The van der Waals surface area contributed by atoms with Gasteiger partial charge in [0.05, 0.1) is 0 Å². The lowest BCUT2D eigenvalue weighted by atomic mass is 10.1. The van der Waals surface area contributed by atoms with E-state index in [1.807, 2.05) is 12.1 Å². The Balaban J connectivity index is 1.45. The van der Waals surface area contributed by atoms with E-state index in [9.17, 15) is 0 Å². The summed E-state index contributed by atoms with van der Waals surface area (Å²) >= 11 is 0. The summed E-state index contributed by atoms with van der Waals surface area (Å²) in [6.07, 6.45) is 0. The van der Waals surface area contributed by atoms with Crippen LogP contribution in [0.3, 0.4) is 0 Å². The molecule has 0 amide bonds. The molecule has 2 nitrogen and oxygen atoms in total. The van der Waals surface area contributed by atoms with Gasteiger partial charge in [-0.25, -0.2) is 0 Å². The van der Waals surface area contributed by atoms with Crippen molar-refractivity contribution >= 4 is 0 Å². The molecule has 2 heterocycles. The molecule has 0 spiro atoms. The Morgan fingerprint density at radius 3 is 1.17 bits per heavy atom. The number of rotatable bonds is 4. The van der Waals surface area contributed by atoms with E-state index in [4.69, 9.17) is 0 Å². The zero-order valence-electron chi connectivity index (χ0n) is 17.2. The monoisotopic (exact) mass is 388 g/mol. The predicted octanol–water partition coefficient (Wildman–Crippen LogP) is 7.63. The number of hydrogen-bond donors (Lipinski definition) is 2. The summed E-state index contributed by atoms with van der Waals surface area (Å²) in [6, 6.07) is 34.2. The highest BCUT2D eigenvalue weighted by Crippen LogP contribution is 2.31. The van der Waals surface area contributed by atoms with Crippen molar-refractivity contribution in [3.05, 3.63) is 108 Å². The molecular formula is C28H24N2. The van der Waals surface area contributed by atoms with Crippen LogP contribution < -0.4 is 0 Å². The third kappa shape index (κ3) is 3.37. The lowest BCUT2D eigenvalue weighted by molar-refractivity contribution is 1.36. The second kappa shape index (κ2) is 7.57. The summed E-state index contributed by atoms with van der Waals surface area (Å²) in [5.41, 5.74) is 12.0. The summed E-state index contributed by atoms with van der Waals surface area (Å²) in [7, 11) is 0. The molecule has 0 aliphatic carbocycles. The number of nitrogens with one attached hydrogen (secondary N) is 2. The van der Waals surface area contributed by atoms with Gasteiger partial charge in [-0.3, -0.25) is 0 Å². The Morgan fingerprint density at radius 1 is 0.433 bits per heavy atom. The number of aryl methyl sites for hydroxylation is 2. The molecule has 5 rings (SSSR count). The van der Waals surface area contributed by atoms with E-state index in [-0.39, 0.29) is 0 Å². The molecule has 2 N–H and O–H groups in total. The van der Waals surface area contributed by atoms with Crippen molar-refractivity contribution in [1.29, 1.82) is 0 Å². The van der Waals surface area contributed by atoms with Crippen LogP contribution in [0.2, 0.25) is 0 Å². The van der Waals surface area contributed by atoms with E-state index in [0.29, 0.717) is 0 Å². The fourth-order valence-electron chi connectivity index (χ4n) is 4.07. The molecule has 5 aromatic rings. The summed E-state index contributed by atoms with van der Waals surface area (Å²) < 4.78 is 0. The topological polar surface area (TPSA) is 31.6 Å². The van der Waals surface area contributed by atoms with Crippen LogP contribution in [0.4, 0.5) is 0 Å². The van der Waals surface area contributed by atoms with Crippen LogP contribution in [0.5, 0.6) is 0 Å². The number of H-pyrrole nitrogens is 2. The summed E-state index contributed by atoms with van der Waals surface area (Å²) in [6.45, 7) is 4.31. The van der Waals surface area contributed by atoms with Gasteiger partial charge in [0.2, 0.25) is 0 Å². The van der Waals surface area contributed by atoms with Crippen molar-refractivity contribution in [2.24, 2.45) is 0 Å². The Bertz CT molecular complexity index is 1170. The van der Waals surface area contributed by atoms with Gasteiger partial charge in [0, 0.05) is 22.8 Å². The molecule has 0 fully saturated rings. The SMILES string of the molecule is Cc1cc(-c2ccc(-c3cc(C)c(-c4ccccc4)[nH]3)cc2)[nH]c1-c1ccccc1. The van der Waals surface area contributed by atoms with Crippen LogP contribution >= 0.6 is 0 Å². The maximum atomic E-state index is 3.60. The second-order valence-corrected chi connectivity index (χ2v) is 7.79. The molecule has 0 saturated heterocycles. The molecule has 0 aliphatic heterocycles. The van der Waals surface area contributed by atoms with Crippen molar-refractivity contribution in [2.75, 3.05) is 0 Å². The van der Waals surface area contributed by atoms with Crippen LogP contribution in [0, 0.1) is 13.8 Å². The van der Waals surface area contributed by atoms with Gasteiger partial charge in [-0.2, -0.15) is 0 Å². The standard InChI is InChI=1S/C28H24N2/c1-19-17-25(29-27(19)23-9-5-3-6-10-23)21-13-15-22(16-14-21)26-18-20(2)28(30-26)24-11-7-4-8-12-24/h3-18,29-30H,1-2H3. The van der Waals surface area contributed by atoms with Gasteiger partial charge >= 0.3 is 0 Å². The van der Waals surface area contributed by atoms with E-state index < -0.39 is 0 Å². The van der Waals surface area contributed by atoms with Crippen LogP contribution in [-0.4, -0.2) is 9.97 Å². The number of hydrogen-bond acceptors (Lipinski definition) is 0. The van der Waals surface area contributed by atoms with E-state index in [2.05, 4.69) is 109 Å². The molecule has 30 heavy (non-hydrogen) atoms. The molecule has 2 heteroatoms. The van der Waals surface area contributed by atoms with Gasteiger partial charge < -0.3 is 9.97 Å². The zero-order chi connectivity index (χ0) is 20.5. The maximum absolute atomic E-state index is 3.60. The normalized spacial score (nSPS) is 11.0. The minimum absolute atomic E-state index is 1.14. The first-order chi connectivity index (χ1) is 14.7. The molecule has 0 atom stereocenters. The first-order valence-electron chi connectivity index (χ1n) is 10.3. The van der Waals surface area contributed by atoms with Gasteiger partial charge in [0.1, 0.15) is 0 Å². The van der Waals surface area contributed by atoms with Crippen molar-refractivity contribution < 1.29 is 0 Å². The Hall–Kier alpha value is -3.78. The van der Waals surface area contributed by atoms with Gasteiger partial charge in [0.25, 0.3) is 0 Å². The molecule has 3 aromatic carbocycles. The molecule has 0 aliphatic rings. The first kappa shape index (κ1) is 18.3. The van der Waals surface area contributed by atoms with Gasteiger partial charge in [-0.1, -0.05) is 84.9 Å². The molecule has 0 bridgehead atoms. The minimum atomic E-state index is 1.14. The van der Waals surface area contributed by atoms with E-state index in [0.717, 1.165) is 11.4 Å². The van der Waals surface area contributed by atoms with E-state index in [1.54, 1.807) is 0 Å². The molecule has 0 radical (unpaired) electrons.